The molecule has 2 aliphatic rings. The molecule has 0 spiro atoms. The zero-order valence-corrected chi connectivity index (χ0v) is 14.0. The minimum Gasteiger partial charge on any atom is -0.491 e. The van der Waals surface area contributed by atoms with Gasteiger partial charge in [0.2, 0.25) is 5.91 Å². The summed E-state index contributed by atoms with van der Waals surface area (Å²) in [5, 5.41) is 3.12. The Labute approximate surface area is 146 Å². The Morgan fingerprint density at radius 1 is 1.16 bits per heavy atom. The fraction of sp³-hybridized carbons (Fsp3) is 0.350. The van der Waals surface area contributed by atoms with Crippen molar-refractivity contribution in [2.75, 3.05) is 19.7 Å². The van der Waals surface area contributed by atoms with Crippen molar-refractivity contribution in [2.45, 2.75) is 24.9 Å². The van der Waals surface area contributed by atoms with E-state index in [2.05, 4.69) is 16.3 Å². The van der Waals surface area contributed by atoms with Crippen LogP contribution in [0, 0.1) is 5.82 Å². The number of fused-ring (bicyclic) bond motifs is 1. The third-order valence-electron chi connectivity index (χ3n) is 4.95. The maximum atomic E-state index is 13.0. The smallest absolute Gasteiger partial charge is 0.224 e. The summed E-state index contributed by atoms with van der Waals surface area (Å²) < 4.78 is 18.9. The van der Waals surface area contributed by atoms with Crippen LogP contribution in [0.5, 0.6) is 5.75 Å². The van der Waals surface area contributed by atoms with Gasteiger partial charge < -0.3 is 10.1 Å². The molecule has 1 fully saturated rings. The molecule has 130 valence electrons. The van der Waals surface area contributed by atoms with Gasteiger partial charge in [-0.05, 0) is 30.2 Å². The highest BCUT2D eigenvalue weighted by Crippen LogP contribution is 2.38. The number of nitrogens with zero attached hydrogens (tertiary/aromatic N) is 1. The molecule has 0 bridgehead atoms. The van der Waals surface area contributed by atoms with Crippen LogP contribution < -0.4 is 10.1 Å². The van der Waals surface area contributed by atoms with Crippen molar-refractivity contribution in [3.63, 3.8) is 0 Å². The Bertz CT molecular complexity index is 759. The fourth-order valence-electron chi connectivity index (χ4n) is 3.58. The van der Waals surface area contributed by atoms with Crippen LogP contribution >= 0.6 is 0 Å². The van der Waals surface area contributed by atoms with Crippen molar-refractivity contribution in [1.82, 2.24) is 10.2 Å². The lowest BCUT2D eigenvalue weighted by Crippen LogP contribution is -2.54. The molecule has 2 heterocycles. The lowest BCUT2D eigenvalue weighted by atomic mass is 9.92. The molecule has 4 rings (SSSR count). The monoisotopic (exact) mass is 340 g/mol. The molecule has 2 aromatic rings. The van der Waals surface area contributed by atoms with E-state index in [9.17, 15) is 9.18 Å². The number of amides is 1. The summed E-state index contributed by atoms with van der Waals surface area (Å²) in [5.74, 6) is 0.549. The Kier molecular flexibility index (Phi) is 4.40. The first-order chi connectivity index (χ1) is 12.2. The van der Waals surface area contributed by atoms with Crippen molar-refractivity contribution in [3.8, 4) is 5.75 Å². The summed E-state index contributed by atoms with van der Waals surface area (Å²) in [6.07, 6.45) is 1.43. The number of benzene rings is 2. The summed E-state index contributed by atoms with van der Waals surface area (Å²) in [6, 6.07) is 14.2. The molecule has 2 atom stereocenters. The van der Waals surface area contributed by atoms with Crippen LogP contribution in [0.15, 0.2) is 48.5 Å². The first-order valence-corrected chi connectivity index (χ1v) is 8.70. The number of rotatable bonds is 4. The van der Waals surface area contributed by atoms with Crippen LogP contribution in [0.3, 0.4) is 0 Å². The number of nitrogens with one attached hydrogen (secondary N) is 1. The van der Waals surface area contributed by atoms with E-state index < -0.39 is 0 Å². The predicted octanol–water partition coefficient (Wildman–Crippen LogP) is 2.69. The summed E-state index contributed by atoms with van der Waals surface area (Å²) in [4.78, 5) is 14.9. The Morgan fingerprint density at radius 2 is 1.92 bits per heavy atom. The number of hydrogen-bond donors (Lipinski definition) is 1. The van der Waals surface area contributed by atoms with Crippen LogP contribution in [0.25, 0.3) is 0 Å². The highest BCUT2D eigenvalue weighted by Gasteiger charge is 2.38. The molecule has 2 aliphatic heterocycles. The second-order valence-corrected chi connectivity index (χ2v) is 6.66. The van der Waals surface area contributed by atoms with Crippen molar-refractivity contribution in [2.24, 2.45) is 0 Å². The van der Waals surface area contributed by atoms with Crippen molar-refractivity contribution < 1.29 is 13.9 Å². The number of hydrogen-bond acceptors (Lipinski definition) is 3. The van der Waals surface area contributed by atoms with Crippen LogP contribution in [0.2, 0.25) is 0 Å². The lowest BCUT2D eigenvalue weighted by Gasteiger charge is -2.45. The maximum absolute atomic E-state index is 13.0. The van der Waals surface area contributed by atoms with E-state index in [1.807, 2.05) is 18.2 Å². The molecule has 1 amide bonds. The average Bonchev–Trinajstić information content (AvgIpc) is 2.57. The van der Waals surface area contributed by atoms with Gasteiger partial charge in [-0.25, -0.2) is 4.39 Å². The van der Waals surface area contributed by atoms with Gasteiger partial charge in [-0.15, -0.1) is 0 Å². The highest BCUT2D eigenvalue weighted by atomic mass is 19.1. The van der Waals surface area contributed by atoms with Gasteiger partial charge in [0.05, 0.1) is 18.5 Å². The molecule has 25 heavy (non-hydrogen) atoms. The largest absolute Gasteiger partial charge is 0.491 e. The Morgan fingerprint density at radius 3 is 2.64 bits per heavy atom. The molecule has 0 radical (unpaired) electrons. The van der Waals surface area contributed by atoms with Gasteiger partial charge in [0.1, 0.15) is 18.2 Å². The van der Waals surface area contributed by atoms with E-state index >= 15 is 0 Å². The summed E-state index contributed by atoms with van der Waals surface area (Å²) >= 11 is 0. The average molecular weight is 340 g/mol. The van der Waals surface area contributed by atoms with Crippen molar-refractivity contribution >= 4 is 5.91 Å². The topological polar surface area (TPSA) is 41.6 Å². The molecule has 0 aromatic heterocycles. The molecular formula is C20H21FN2O2. The molecule has 2 aromatic carbocycles. The van der Waals surface area contributed by atoms with Crippen LogP contribution in [0.4, 0.5) is 4.39 Å². The minimum atomic E-state index is -0.292. The van der Waals surface area contributed by atoms with E-state index in [0.29, 0.717) is 6.61 Å². The van der Waals surface area contributed by atoms with E-state index in [4.69, 9.17) is 4.74 Å². The van der Waals surface area contributed by atoms with Crippen LogP contribution in [0.1, 0.15) is 23.6 Å². The second kappa shape index (κ2) is 6.84. The lowest BCUT2D eigenvalue weighted by molar-refractivity contribution is -0.122. The summed E-state index contributed by atoms with van der Waals surface area (Å²) in [5.41, 5.74) is 1.94. The standard InChI is InChI=1S/C20H21FN2O2/c21-15-8-6-14(7-9-15)12-19(24)22-17-13-25-18-5-2-1-4-16(18)20(17)23-10-3-11-23/h1-2,4-9,17,20H,3,10-13H2,(H,22,24). The van der Waals surface area contributed by atoms with Crippen LogP contribution in [-0.4, -0.2) is 36.5 Å². The maximum Gasteiger partial charge on any atom is 0.224 e. The normalized spacial score (nSPS) is 22.4. The van der Waals surface area contributed by atoms with E-state index in [1.54, 1.807) is 12.1 Å². The van der Waals surface area contributed by atoms with E-state index in [1.165, 1.54) is 18.6 Å². The van der Waals surface area contributed by atoms with Gasteiger partial charge in [0, 0.05) is 18.7 Å². The highest BCUT2D eigenvalue weighted by molar-refractivity contribution is 5.79. The molecule has 0 aliphatic carbocycles. The SMILES string of the molecule is O=C(Cc1ccc(F)cc1)NC1COc2ccccc2C1N1CCC1. The molecular weight excluding hydrogens is 319 g/mol. The third kappa shape index (κ3) is 3.37. The van der Waals surface area contributed by atoms with Crippen molar-refractivity contribution in [3.05, 3.63) is 65.5 Å². The van der Waals surface area contributed by atoms with Gasteiger partial charge in [0.15, 0.2) is 0 Å². The minimum absolute atomic E-state index is 0.0647. The number of ether oxygens (including phenoxy) is 1. The number of carbonyl (C=O) groups excluding carboxylic acids is 1. The predicted molar refractivity (Wildman–Crippen MR) is 92.9 cm³/mol. The molecule has 5 heteroatoms. The van der Waals surface area contributed by atoms with Gasteiger partial charge in [0.25, 0.3) is 0 Å². The van der Waals surface area contributed by atoms with Gasteiger partial charge >= 0.3 is 0 Å². The Hall–Kier alpha value is -2.40. The van der Waals surface area contributed by atoms with Crippen molar-refractivity contribution in [1.29, 1.82) is 0 Å². The fourth-order valence-corrected chi connectivity index (χ4v) is 3.58. The number of carbonyl (C=O) groups is 1. The van der Waals surface area contributed by atoms with Gasteiger partial charge in [-0.3, -0.25) is 9.69 Å². The third-order valence-corrected chi connectivity index (χ3v) is 4.95. The zero-order chi connectivity index (χ0) is 17.2. The molecule has 2 unspecified atom stereocenters. The summed E-state index contributed by atoms with van der Waals surface area (Å²) in [6.45, 7) is 2.56. The zero-order valence-electron chi connectivity index (χ0n) is 14.0. The van der Waals surface area contributed by atoms with Gasteiger partial charge in [-0.1, -0.05) is 30.3 Å². The molecule has 0 saturated carbocycles. The Balaban J connectivity index is 1.49. The molecule has 1 saturated heterocycles. The second-order valence-electron chi connectivity index (χ2n) is 6.66. The first kappa shape index (κ1) is 16.1. The number of para-hydroxylation sites is 1. The summed E-state index contributed by atoms with van der Waals surface area (Å²) in [7, 11) is 0. The van der Waals surface area contributed by atoms with E-state index in [0.717, 1.165) is 30.0 Å². The first-order valence-electron chi connectivity index (χ1n) is 8.70. The number of halogens is 1. The molecule has 4 nitrogen and oxygen atoms in total. The van der Waals surface area contributed by atoms with Gasteiger partial charge in [-0.2, -0.15) is 0 Å². The quantitative estimate of drug-likeness (QED) is 0.930. The molecule has 1 N–H and O–H groups in total. The van der Waals surface area contributed by atoms with Crippen LogP contribution in [-0.2, 0) is 11.2 Å². The number of likely N-dealkylation sites (tertiary alicyclic amines) is 1. The van der Waals surface area contributed by atoms with E-state index in [-0.39, 0.29) is 30.2 Å².